The average molecular weight is 254 g/mol. The molecule has 3 atom stereocenters. The zero-order valence-corrected chi connectivity index (χ0v) is 10.1. The van der Waals surface area contributed by atoms with Crippen LogP contribution in [0.25, 0.3) is 0 Å². The van der Waals surface area contributed by atoms with Crippen LogP contribution in [0.4, 0.5) is 0 Å². The number of carbonyl (C=O) groups excluding carboxylic acids is 2. The van der Waals surface area contributed by atoms with E-state index in [1.165, 1.54) is 0 Å². The maximum Gasteiger partial charge on any atom is 0.306 e. The van der Waals surface area contributed by atoms with E-state index in [4.69, 9.17) is 5.11 Å². The molecule has 100 valence electrons. The molecule has 0 spiro atoms. The number of carboxylic acid groups (broad SMARTS) is 1. The molecule has 1 heterocycles. The van der Waals surface area contributed by atoms with Gasteiger partial charge in [0.25, 0.3) is 0 Å². The summed E-state index contributed by atoms with van der Waals surface area (Å²) in [6.07, 6.45) is 3.72. The largest absolute Gasteiger partial charge is 0.481 e. The third-order valence-electron chi connectivity index (χ3n) is 3.68. The molecule has 2 aliphatic rings. The van der Waals surface area contributed by atoms with E-state index in [9.17, 15) is 14.4 Å². The lowest BCUT2D eigenvalue weighted by atomic mass is 9.85. The number of carbonyl (C=O) groups is 3. The minimum atomic E-state index is -0.789. The van der Waals surface area contributed by atoms with Crippen LogP contribution in [0.5, 0.6) is 0 Å². The van der Waals surface area contributed by atoms with Gasteiger partial charge in [-0.15, -0.1) is 0 Å². The van der Waals surface area contributed by atoms with Gasteiger partial charge in [-0.25, -0.2) is 0 Å². The topological polar surface area (TPSA) is 95.5 Å². The van der Waals surface area contributed by atoms with Crippen molar-refractivity contribution < 1.29 is 19.5 Å². The van der Waals surface area contributed by atoms with E-state index in [1.54, 1.807) is 0 Å². The predicted octanol–water partition coefficient (Wildman–Crippen LogP) is 0.0246. The monoisotopic (exact) mass is 254 g/mol. The van der Waals surface area contributed by atoms with Crippen LogP contribution in [0.2, 0.25) is 0 Å². The van der Waals surface area contributed by atoms with E-state index in [0.717, 1.165) is 12.8 Å². The first-order chi connectivity index (χ1) is 8.56. The molecule has 18 heavy (non-hydrogen) atoms. The summed E-state index contributed by atoms with van der Waals surface area (Å²) in [4.78, 5) is 33.8. The van der Waals surface area contributed by atoms with Gasteiger partial charge in [-0.1, -0.05) is 6.42 Å². The molecule has 0 aromatic heterocycles. The molecule has 6 nitrogen and oxygen atoms in total. The highest BCUT2D eigenvalue weighted by molar-refractivity contribution is 5.90. The third-order valence-corrected chi connectivity index (χ3v) is 3.68. The summed E-state index contributed by atoms with van der Waals surface area (Å²) < 4.78 is 0. The average Bonchev–Trinajstić information content (AvgIpc) is 2.76. The van der Waals surface area contributed by atoms with Gasteiger partial charge in [0.1, 0.15) is 6.04 Å². The van der Waals surface area contributed by atoms with Crippen molar-refractivity contribution in [1.29, 1.82) is 0 Å². The molecule has 0 aromatic carbocycles. The maximum atomic E-state index is 11.9. The van der Waals surface area contributed by atoms with E-state index in [-0.39, 0.29) is 23.8 Å². The number of hydrogen-bond acceptors (Lipinski definition) is 3. The van der Waals surface area contributed by atoms with E-state index < -0.39 is 12.0 Å². The van der Waals surface area contributed by atoms with Crippen LogP contribution in [0, 0.1) is 5.92 Å². The summed E-state index contributed by atoms with van der Waals surface area (Å²) in [6.45, 7) is 0. The van der Waals surface area contributed by atoms with Gasteiger partial charge in [0.05, 0.1) is 5.92 Å². The van der Waals surface area contributed by atoms with E-state index in [1.807, 2.05) is 0 Å². The first kappa shape index (κ1) is 12.9. The SMILES string of the molecule is O=C1CCC(C(=O)NC2CCCC(C(=O)O)C2)N1. The van der Waals surface area contributed by atoms with Crippen LogP contribution in [0.15, 0.2) is 0 Å². The van der Waals surface area contributed by atoms with Gasteiger partial charge < -0.3 is 15.7 Å². The number of carboxylic acids is 1. The fourth-order valence-electron chi connectivity index (χ4n) is 2.66. The number of amides is 2. The van der Waals surface area contributed by atoms with Crippen molar-refractivity contribution in [3.63, 3.8) is 0 Å². The van der Waals surface area contributed by atoms with Crippen molar-refractivity contribution in [2.45, 2.75) is 50.6 Å². The van der Waals surface area contributed by atoms with E-state index >= 15 is 0 Å². The molecular weight excluding hydrogens is 236 g/mol. The van der Waals surface area contributed by atoms with E-state index in [0.29, 0.717) is 25.7 Å². The summed E-state index contributed by atoms with van der Waals surface area (Å²) >= 11 is 0. The lowest BCUT2D eigenvalue weighted by Crippen LogP contribution is -2.47. The Hall–Kier alpha value is -1.59. The molecule has 0 radical (unpaired) electrons. The molecular formula is C12H18N2O4. The number of nitrogens with one attached hydrogen (secondary N) is 2. The van der Waals surface area contributed by atoms with Gasteiger partial charge in [0.2, 0.25) is 11.8 Å². The summed E-state index contributed by atoms with van der Waals surface area (Å²) in [5, 5.41) is 14.4. The highest BCUT2D eigenvalue weighted by Gasteiger charge is 2.31. The predicted molar refractivity (Wildman–Crippen MR) is 62.7 cm³/mol. The molecule has 2 fully saturated rings. The van der Waals surface area contributed by atoms with Gasteiger partial charge in [-0.05, 0) is 25.7 Å². The summed E-state index contributed by atoms with van der Waals surface area (Å²) in [6, 6.07) is -0.521. The van der Waals surface area contributed by atoms with Gasteiger partial charge >= 0.3 is 5.97 Å². The summed E-state index contributed by atoms with van der Waals surface area (Å²) in [5.74, 6) is -1.43. The molecule has 1 saturated carbocycles. The Balaban J connectivity index is 1.83. The van der Waals surface area contributed by atoms with Crippen molar-refractivity contribution in [3.8, 4) is 0 Å². The fourth-order valence-corrected chi connectivity index (χ4v) is 2.66. The highest BCUT2D eigenvalue weighted by atomic mass is 16.4. The van der Waals surface area contributed by atoms with Crippen LogP contribution < -0.4 is 10.6 Å². The number of hydrogen-bond donors (Lipinski definition) is 3. The van der Waals surface area contributed by atoms with Gasteiger partial charge in [-0.2, -0.15) is 0 Å². The number of rotatable bonds is 3. The minimum absolute atomic E-state index is 0.0788. The van der Waals surface area contributed by atoms with Crippen molar-refractivity contribution in [3.05, 3.63) is 0 Å². The smallest absolute Gasteiger partial charge is 0.306 e. The lowest BCUT2D eigenvalue weighted by molar-refractivity contribution is -0.143. The standard InChI is InChI=1S/C12H18N2O4/c15-10-5-4-9(14-10)11(16)13-8-3-1-2-7(6-8)12(17)18/h7-9H,1-6H2,(H,13,16)(H,14,15)(H,17,18). The third kappa shape index (κ3) is 3.00. The van der Waals surface area contributed by atoms with Gasteiger partial charge in [0, 0.05) is 12.5 Å². The molecule has 0 aromatic rings. The molecule has 3 N–H and O–H groups in total. The molecule has 1 aliphatic carbocycles. The Kier molecular flexibility index (Phi) is 3.84. The Morgan fingerprint density at radius 2 is 2.06 bits per heavy atom. The van der Waals surface area contributed by atoms with Gasteiger partial charge in [0.15, 0.2) is 0 Å². The molecule has 6 heteroatoms. The van der Waals surface area contributed by atoms with E-state index in [2.05, 4.69) is 10.6 Å². The second kappa shape index (κ2) is 5.37. The summed E-state index contributed by atoms with van der Waals surface area (Å²) in [7, 11) is 0. The second-order valence-electron chi connectivity index (χ2n) is 5.07. The molecule has 1 saturated heterocycles. The lowest BCUT2D eigenvalue weighted by Gasteiger charge is -2.28. The maximum absolute atomic E-state index is 11.9. The van der Waals surface area contributed by atoms with Crippen LogP contribution in [0.1, 0.15) is 38.5 Å². The first-order valence-corrected chi connectivity index (χ1v) is 6.39. The number of aliphatic carboxylic acids is 1. The zero-order chi connectivity index (χ0) is 13.1. The van der Waals surface area contributed by atoms with Crippen LogP contribution >= 0.6 is 0 Å². The van der Waals surface area contributed by atoms with Crippen molar-refractivity contribution >= 4 is 17.8 Å². The van der Waals surface area contributed by atoms with Crippen LogP contribution in [-0.2, 0) is 14.4 Å². The Morgan fingerprint density at radius 3 is 2.67 bits per heavy atom. The van der Waals surface area contributed by atoms with Crippen molar-refractivity contribution in [2.75, 3.05) is 0 Å². The molecule has 2 rings (SSSR count). The fraction of sp³-hybridized carbons (Fsp3) is 0.750. The van der Waals surface area contributed by atoms with Crippen LogP contribution in [0.3, 0.4) is 0 Å². The van der Waals surface area contributed by atoms with Crippen molar-refractivity contribution in [2.24, 2.45) is 5.92 Å². The molecule has 0 bridgehead atoms. The second-order valence-corrected chi connectivity index (χ2v) is 5.07. The quantitative estimate of drug-likeness (QED) is 0.662. The Bertz CT molecular complexity index is 369. The zero-order valence-electron chi connectivity index (χ0n) is 10.1. The Morgan fingerprint density at radius 1 is 1.28 bits per heavy atom. The minimum Gasteiger partial charge on any atom is -0.481 e. The van der Waals surface area contributed by atoms with Gasteiger partial charge in [-0.3, -0.25) is 14.4 Å². The normalized spacial score (nSPS) is 31.8. The first-order valence-electron chi connectivity index (χ1n) is 6.39. The Labute approximate surface area is 105 Å². The molecule has 2 amide bonds. The summed E-state index contributed by atoms with van der Waals surface area (Å²) in [5.41, 5.74) is 0. The highest BCUT2D eigenvalue weighted by Crippen LogP contribution is 2.24. The molecule has 1 aliphatic heterocycles. The van der Waals surface area contributed by atoms with Crippen LogP contribution in [-0.4, -0.2) is 35.0 Å². The van der Waals surface area contributed by atoms with Crippen molar-refractivity contribution in [1.82, 2.24) is 10.6 Å². The molecule has 3 unspecified atom stereocenters.